The number of carbonyl (C=O) groups is 1. The molecule has 0 unspecified atom stereocenters. The Morgan fingerprint density at radius 1 is 1.33 bits per heavy atom. The lowest BCUT2D eigenvalue weighted by Gasteiger charge is -2.30. The lowest BCUT2D eigenvalue weighted by molar-refractivity contribution is -0.138. The minimum absolute atomic E-state index is 0.303. The van der Waals surface area contributed by atoms with Crippen molar-refractivity contribution in [1.82, 2.24) is 0 Å². The Hall–Kier alpha value is -1.90. The van der Waals surface area contributed by atoms with Gasteiger partial charge in [0.05, 0.1) is 5.71 Å². The van der Waals surface area contributed by atoms with Gasteiger partial charge in [0.25, 0.3) is 0 Å². The van der Waals surface area contributed by atoms with Crippen molar-refractivity contribution < 1.29 is 9.90 Å². The number of allylic oxidation sites excluding steroid dienone is 7. The van der Waals surface area contributed by atoms with Crippen molar-refractivity contribution >= 4 is 11.7 Å². The molecule has 0 aromatic heterocycles. The van der Waals surface area contributed by atoms with Crippen LogP contribution in [0.5, 0.6) is 0 Å². The average molecular weight is 285 g/mol. The maximum Gasteiger partial charge on any atom is 0.303 e. The van der Waals surface area contributed by atoms with Crippen molar-refractivity contribution in [3.8, 4) is 0 Å². The number of aliphatic imine (C=N–C) groups is 1. The highest BCUT2D eigenvalue weighted by molar-refractivity contribution is 6.12. The second kappa shape index (κ2) is 7.21. The van der Waals surface area contributed by atoms with Gasteiger partial charge in [-0.2, -0.15) is 0 Å². The summed E-state index contributed by atoms with van der Waals surface area (Å²) in [5.74, 6) is 0.118. The van der Waals surface area contributed by atoms with Gasteiger partial charge in [-0.3, -0.25) is 9.79 Å². The fourth-order valence-electron chi connectivity index (χ4n) is 3.33. The fraction of sp³-hybridized carbons (Fsp3) is 0.444. The Morgan fingerprint density at radius 2 is 2.00 bits per heavy atom. The molecule has 3 heteroatoms. The van der Waals surface area contributed by atoms with Crippen LogP contribution in [0.4, 0.5) is 0 Å². The number of aliphatic carboxylic acids is 1. The first-order valence-electron chi connectivity index (χ1n) is 7.56. The van der Waals surface area contributed by atoms with E-state index in [1.54, 1.807) is 0 Å². The number of nitrogens with zero attached hydrogens (tertiary/aromatic N) is 1. The maximum atomic E-state index is 10.8. The Bertz CT molecular complexity index is 529. The van der Waals surface area contributed by atoms with Gasteiger partial charge in [0.2, 0.25) is 0 Å². The number of hydrogen-bond acceptors (Lipinski definition) is 2. The average Bonchev–Trinajstić information content (AvgIpc) is 2.49. The minimum Gasteiger partial charge on any atom is -0.481 e. The van der Waals surface area contributed by atoms with Crippen LogP contribution in [0.15, 0.2) is 53.1 Å². The Labute approximate surface area is 126 Å². The third-order valence-corrected chi connectivity index (χ3v) is 4.43. The number of hydrogen-bond donors (Lipinski definition) is 1. The van der Waals surface area contributed by atoms with Crippen molar-refractivity contribution in [2.24, 2.45) is 16.8 Å². The second-order valence-corrected chi connectivity index (χ2v) is 5.72. The zero-order valence-corrected chi connectivity index (χ0v) is 12.6. The van der Waals surface area contributed by atoms with Gasteiger partial charge in [-0.25, -0.2) is 0 Å². The van der Waals surface area contributed by atoms with E-state index in [0.29, 0.717) is 18.3 Å². The molecule has 2 rings (SSSR count). The molecule has 112 valence electrons. The maximum absolute atomic E-state index is 10.8. The van der Waals surface area contributed by atoms with E-state index in [9.17, 15) is 4.79 Å². The summed E-state index contributed by atoms with van der Waals surface area (Å²) in [4.78, 5) is 15.2. The van der Waals surface area contributed by atoms with Gasteiger partial charge in [-0.1, -0.05) is 30.9 Å². The largest absolute Gasteiger partial charge is 0.481 e. The molecular weight excluding hydrogens is 262 g/mol. The molecule has 2 aliphatic carbocycles. The monoisotopic (exact) mass is 285 g/mol. The molecule has 3 nitrogen and oxygen atoms in total. The summed E-state index contributed by atoms with van der Waals surface area (Å²) in [5, 5.41) is 8.90. The Kier molecular flexibility index (Phi) is 5.32. The van der Waals surface area contributed by atoms with Crippen molar-refractivity contribution in [1.29, 1.82) is 0 Å². The van der Waals surface area contributed by atoms with Gasteiger partial charge in [-0.15, -0.1) is 0 Å². The van der Waals surface area contributed by atoms with Gasteiger partial charge in [0.1, 0.15) is 0 Å². The van der Waals surface area contributed by atoms with Crippen LogP contribution < -0.4 is 0 Å². The lowest BCUT2D eigenvalue weighted by Crippen LogP contribution is -2.20. The highest BCUT2D eigenvalue weighted by Crippen LogP contribution is 2.37. The molecule has 0 amide bonds. The van der Waals surface area contributed by atoms with Gasteiger partial charge in [0.15, 0.2) is 0 Å². The van der Waals surface area contributed by atoms with Gasteiger partial charge >= 0.3 is 5.97 Å². The van der Waals surface area contributed by atoms with Crippen molar-refractivity contribution in [3.05, 3.63) is 48.1 Å². The molecule has 0 bridgehead atoms. The van der Waals surface area contributed by atoms with Crippen LogP contribution in [0, 0.1) is 11.8 Å². The Balaban J connectivity index is 2.13. The standard InChI is InChI=1S/C18H23NO2/c1-3-15(16-6-4-5-7-17(16)19-2)14-10-8-13(9-11-14)12-18(20)21/h3-7,13-14H,1,8-12H2,2H3,(H,20,21)/b16-15+,19-17?. The fourth-order valence-corrected chi connectivity index (χ4v) is 3.33. The molecule has 1 fully saturated rings. The third kappa shape index (κ3) is 3.81. The van der Waals surface area contributed by atoms with Crippen LogP contribution in [-0.4, -0.2) is 23.8 Å². The topological polar surface area (TPSA) is 49.7 Å². The summed E-state index contributed by atoms with van der Waals surface area (Å²) in [6, 6.07) is 0. The van der Waals surface area contributed by atoms with Crippen LogP contribution in [0.3, 0.4) is 0 Å². The van der Waals surface area contributed by atoms with E-state index in [0.717, 1.165) is 37.0 Å². The molecule has 21 heavy (non-hydrogen) atoms. The molecule has 0 heterocycles. The second-order valence-electron chi connectivity index (χ2n) is 5.72. The number of carboxylic acids is 1. The molecule has 1 saturated carbocycles. The van der Waals surface area contributed by atoms with Crippen molar-refractivity contribution in [3.63, 3.8) is 0 Å². The predicted octanol–water partition coefficient (Wildman–Crippen LogP) is 3.95. The summed E-state index contributed by atoms with van der Waals surface area (Å²) in [6.45, 7) is 3.98. The van der Waals surface area contributed by atoms with E-state index < -0.39 is 5.97 Å². The number of rotatable bonds is 4. The van der Waals surface area contributed by atoms with Crippen LogP contribution in [0.1, 0.15) is 32.1 Å². The lowest BCUT2D eigenvalue weighted by atomic mass is 9.75. The van der Waals surface area contributed by atoms with E-state index in [2.05, 4.69) is 17.6 Å². The van der Waals surface area contributed by atoms with Crippen LogP contribution >= 0.6 is 0 Å². The first kappa shape index (κ1) is 15.5. The SMILES string of the molecule is C=C/C(=C1/C=CC=CC1=NC)C1CCC(CC(=O)O)CC1. The quantitative estimate of drug-likeness (QED) is 0.850. The molecule has 0 radical (unpaired) electrons. The summed E-state index contributed by atoms with van der Waals surface area (Å²) in [6.07, 6.45) is 14.5. The summed E-state index contributed by atoms with van der Waals surface area (Å²) < 4.78 is 0. The zero-order chi connectivity index (χ0) is 15.2. The molecule has 0 aromatic carbocycles. The molecule has 0 atom stereocenters. The van der Waals surface area contributed by atoms with Crippen LogP contribution in [0.25, 0.3) is 0 Å². The van der Waals surface area contributed by atoms with Gasteiger partial charge in [-0.05, 0) is 49.2 Å². The molecular formula is C18H23NO2. The highest BCUT2D eigenvalue weighted by atomic mass is 16.4. The summed E-state index contributed by atoms with van der Waals surface area (Å²) in [5.41, 5.74) is 3.42. The van der Waals surface area contributed by atoms with Crippen LogP contribution in [0.2, 0.25) is 0 Å². The molecule has 0 saturated heterocycles. The van der Waals surface area contributed by atoms with Gasteiger partial charge in [0, 0.05) is 19.0 Å². The smallest absolute Gasteiger partial charge is 0.303 e. The third-order valence-electron chi connectivity index (χ3n) is 4.43. The normalized spacial score (nSPS) is 29.5. The predicted molar refractivity (Wildman–Crippen MR) is 86.6 cm³/mol. The van der Waals surface area contributed by atoms with Crippen molar-refractivity contribution in [2.75, 3.05) is 7.05 Å². The van der Waals surface area contributed by atoms with Crippen LogP contribution in [-0.2, 0) is 4.79 Å². The molecule has 0 spiro atoms. The van der Waals surface area contributed by atoms with E-state index in [1.165, 1.54) is 5.57 Å². The zero-order valence-electron chi connectivity index (χ0n) is 12.6. The molecule has 0 aromatic rings. The summed E-state index contributed by atoms with van der Waals surface area (Å²) >= 11 is 0. The van der Waals surface area contributed by atoms with Gasteiger partial charge < -0.3 is 5.11 Å². The molecule has 2 aliphatic rings. The van der Waals surface area contributed by atoms with E-state index in [1.807, 2.05) is 31.4 Å². The molecule has 1 N–H and O–H groups in total. The van der Waals surface area contributed by atoms with E-state index >= 15 is 0 Å². The first-order valence-corrected chi connectivity index (χ1v) is 7.56. The van der Waals surface area contributed by atoms with E-state index in [-0.39, 0.29) is 0 Å². The minimum atomic E-state index is -0.679. The summed E-state index contributed by atoms with van der Waals surface area (Å²) in [7, 11) is 1.81. The number of carboxylic acid groups (broad SMARTS) is 1. The highest BCUT2D eigenvalue weighted by Gasteiger charge is 2.26. The molecule has 0 aliphatic heterocycles. The Morgan fingerprint density at radius 3 is 2.57 bits per heavy atom. The van der Waals surface area contributed by atoms with Crippen molar-refractivity contribution in [2.45, 2.75) is 32.1 Å². The first-order chi connectivity index (χ1) is 10.2. The van der Waals surface area contributed by atoms with E-state index in [4.69, 9.17) is 5.11 Å².